The molecule has 0 saturated heterocycles. The van der Waals surface area contributed by atoms with Crippen LogP contribution in [0.4, 0.5) is 0 Å². The molecule has 0 N–H and O–H groups in total. The third-order valence-corrected chi connectivity index (χ3v) is 7.48. The van der Waals surface area contributed by atoms with E-state index < -0.39 is 6.80 Å². The van der Waals surface area contributed by atoms with Crippen molar-refractivity contribution in [1.82, 2.24) is 0 Å². The van der Waals surface area contributed by atoms with E-state index in [-0.39, 0.29) is 5.25 Å². The van der Waals surface area contributed by atoms with Crippen molar-refractivity contribution in [1.29, 1.82) is 0 Å². The molecule has 0 fully saturated rings. The Morgan fingerprint density at radius 3 is 2.79 bits per heavy atom. The van der Waals surface area contributed by atoms with Gasteiger partial charge in [0.25, 0.3) is 0 Å². The fraction of sp³-hybridized carbons (Fsp3) is 0.385. The summed E-state index contributed by atoms with van der Waals surface area (Å²) in [5.74, 6) is 0.644. The maximum Gasteiger partial charge on any atom is 0.440 e. The van der Waals surface area contributed by atoms with Crippen LogP contribution in [-0.4, -0.2) is 11.9 Å². The topological polar surface area (TPSA) is 35.5 Å². The van der Waals surface area contributed by atoms with E-state index in [1.54, 1.807) is 11.3 Å². The van der Waals surface area contributed by atoms with Gasteiger partial charge in [-0.25, -0.2) is 4.57 Å². The second kappa shape index (κ2) is 6.31. The molecule has 0 spiro atoms. The molecule has 3 nitrogen and oxygen atoms in total. The standard InChI is InChI=1S/C13H17O3PS2/c1-4-15-17(14,19-10(2)3)16-12-9-18-13-8-6-5-7-11(12)13/h5-10H,4H2,1-3H3. The normalized spacial score (nSPS) is 14.7. The van der Waals surface area contributed by atoms with Gasteiger partial charge in [0, 0.05) is 20.7 Å². The van der Waals surface area contributed by atoms with Gasteiger partial charge < -0.3 is 4.52 Å². The monoisotopic (exact) mass is 316 g/mol. The van der Waals surface area contributed by atoms with E-state index in [2.05, 4.69) is 0 Å². The average Bonchev–Trinajstić information content (AvgIpc) is 2.72. The molecule has 1 aromatic heterocycles. The molecule has 1 heterocycles. The Morgan fingerprint density at radius 1 is 1.37 bits per heavy atom. The molecule has 2 rings (SSSR count). The average molecular weight is 316 g/mol. The van der Waals surface area contributed by atoms with Crippen molar-refractivity contribution in [2.24, 2.45) is 0 Å². The van der Waals surface area contributed by atoms with Gasteiger partial charge in [-0.15, -0.1) is 11.3 Å². The molecule has 6 heteroatoms. The first-order chi connectivity index (χ1) is 9.04. The minimum absolute atomic E-state index is 0.183. The van der Waals surface area contributed by atoms with Crippen LogP contribution in [0.2, 0.25) is 0 Å². The first-order valence-electron chi connectivity index (χ1n) is 6.13. The smallest absolute Gasteiger partial charge is 0.415 e. The summed E-state index contributed by atoms with van der Waals surface area (Å²) in [5.41, 5.74) is 0. The first kappa shape index (κ1) is 14.9. The lowest BCUT2D eigenvalue weighted by molar-refractivity contribution is 0.297. The van der Waals surface area contributed by atoms with Gasteiger partial charge in [0.15, 0.2) is 0 Å². The highest BCUT2D eigenvalue weighted by Crippen LogP contribution is 2.62. The molecule has 0 saturated carbocycles. The summed E-state index contributed by atoms with van der Waals surface area (Å²) >= 11 is 2.83. The minimum Gasteiger partial charge on any atom is -0.415 e. The summed E-state index contributed by atoms with van der Waals surface area (Å²) in [4.78, 5) is 0. The van der Waals surface area contributed by atoms with E-state index in [1.807, 2.05) is 50.4 Å². The molecule has 0 aliphatic rings. The lowest BCUT2D eigenvalue weighted by Crippen LogP contribution is -1.98. The number of rotatable bonds is 6. The van der Waals surface area contributed by atoms with Gasteiger partial charge in [-0.1, -0.05) is 26.0 Å². The van der Waals surface area contributed by atoms with Crippen molar-refractivity contribution in [2.45, 2.75) is 26.0 Å². The molecule has 0 bridgehead atoms. The Hall–Kier alpha value is -0.480. The summed E-state index contributed by atoms with van der Waals surface area (Å²) in [6.07, 6.45) is 0. The fourth-order valence-electron chi connectivity index (χ4n) is 1.64. The third-order valence-electron chi connectivity index (χ3n) is 2.28. The summed E-state index contributed by atoms with van der Waals surface area (Å²) in [5, 5.41) is 3.05. The summed E-state index contributed by atoms with van der Waals surface area (Å²) in [6, 6.07) is 7.92. The zero-order valence-corrected chi connectivity index (χ0v) is 13.7. The van der Waals surface area contributed by atoms with Crippen LogP contribution in [0.5, 0.6) is 5.75 Å². The number of hydrogen-bond acceptors (Lipinski definition) is 5. The molecule has 1 aromatic carbocycles. The predicted molar refractivity (Wildman–Crippen MR) is 84.4 cm³/mol. The van der Waals surface area contributed by atoms with Crippen molar-refractivity contribution in [3.8, 4) is 5.75 Å². The van der Waals surface area contributed by atoms with Crippen LogP contribution in [0, 0.1) is 0 Å². The van der Waals surface area contributed by atoms with Crippen molar-refractivity contribution >= 4 is 39.6 Å². The second-order valence-electron chi connectivity index (χ2n) is 4.21. The number of fused-ring (bicyclic) bond motifs is 1. The van der Waals surface area contributed by atoms with Crippen LogP contribution in [-0.2, 0) is 9.09 Å². The molecule has 0 aliphatic carbocycles. The Balaban J connectivity index is 2.28. The quantitative estimate of drug-likeness (QED) is 0.653. The Labute approximate surface area is 121 Å². The minimum atomic E-state index is -3.15. The van der Waals surface area contributed by atoms with Gasteiger partial charge in [-0.05, 0) is 30.4 Å². The molecule has 0 aliphatic heterocycles. The van der Waals surface area contributed by atoms with Gasteiger partial charge in [-0.3, -0.25) is 4.52 Å². The van der Waals surface area contributed by atoms with Crippen LogP contribution in [0.1, 0.15) is 20.8 Å². The molecule has 1 atom stereocenters. The van der Waals surface area contributed by atoms with Gasteiger partial charge in [0.05, 0.1) is 6.61 Å². The maximum absolute atomic E-state index is 12.7. The van der Waals surface area contributed by atoms with Crippen LogP contribution >= 0.6 is 29.5 Å². The van der Waals surface area contributed by atoms with Gasteiger partial charge >= 0.3 is 6.80 Å². The highest BCUT2D eigenvalue weighted by molar-refractivity contribution is 8.55. The zero-order valence-electron chi connectivity index (χ0n) is 11.2. The zero-order chi connectivity index (χ0) is 13.9. The summed E-state index contributed by atoms with van der Waals surface area (Å²) < 4.78 is 24.9. The highest BCUT2D eigenvalue weighted by Gasteiger charge is 2.29. The van der Waals surface area contributed by atoms with E-state index in [4.69, 9.17) is 9.05 Å². The van der Waals surface area contributed by atoms with Crippen LogP contribution in [0.25, 0.3) is 10.1 Å². The van der Waals surface area contributed by atoms with Crippen LogP contribution < -0.4 is 4.52 Å². The highest BCUT2D eigenvalue weighted by atomic mass is 32.7. The van der Waals surface area contributed by atoms with Crippen LogP contribution in [0.15, 0.2) is 29.6 Å². The molecular formula is C13H17O3PS2. The molecule has 0 amide bonds. The molecule has 1 unspecified atom stereocenters. The Bertz CT molecular complexity index is 594. The number of benzene rings is 1. The maximum atomic E-state index is 12.7. The van der Waals surface area contributed by atoms with Crippen molar-refractivity contribution in [3.05, 3.63) is 29.6 Å². The summed E-state index contributed by atoms with van der Waals surface area (Å²) in [6.45, 7) is 3.01. The SMILES string of the molecule is CCOP(=O)(Oc1csc2ccccc12)SC(C)C. The predicted octanol–water partition coefficient (Wildman–Crippen LogP) is 5.57. The second-order valence-corrected chi connectivity index (χ2v) is 9.58. The van der Waals surface area contributed by atoms with Crippen molar-refractivity contribution in [2.75, 3.05) is 6.61 Å². The summed E-state index contributed by atoms with van der Waals surface area (Å²) in [7, 11) is 0. The Kier molecular flexibility index (Phi) is 4.96. The number of hydrogen-bond donors (Lipinski definition) is 0. The van der Waals surface area contributed by atoms with Gasteiger partial charge in [0.1, 0.15) is 5.75 Å². The van der Waals surface area contributed by atoms with E-state index in [0.29, 0.717) is 12.4 Å². The molecule has 2 aromatic rings. The molecular weight excluding hydrogens is 299 g/mol. The Morgan fingerprint density at radius 2 is 2.11 bits per heavy atom. The van der Waals surface area contributed by atoms with E-state index in [9.17, 15) is 4.57 Å². The van der Waals surface area contributed by atoms with Gasteiger partial charge in [0.2, 0.25) is 0 Å². The lowest BCUT2D eigenvalue weighted by Gasteiger charge is -2.18. The van der Waals surface area contributed by atoms with E-state index in [1.165, 1.54) is 11.4 Å². The van der Waals surface area contributed by atoms with E-state index >= 15 is 0 Å². The van der Waals surface area contributed by atoms with Gasteiger partial charge in [-0.2, -0.15) is 0 Å². The molecule has 0 radical (unpaired) electrons. The third kappa shape index (κ3) is 3.76. The lowest BCUT2D eigenvalue weighted by atomic mass is 10.2. The van der Waals surface area contributed by atoms with Crippen LogP contribution in [0.3, 0.4) is 0 Å². The number of thiophene rings is 1. The first-order valence-corrected chi connectivity index (χ1v) is 10.0. The largest absolute Gasteiger partial charge is 0.440 e. The fourth-order valence-corrected chi connectivity index (χ4v) is 6.37. The van der Waals surface area contributed by atoms with Crippen molar-refractivity contribution < 1.29 is 13.6 Å². The molecule has 104 valence electrons. The molecule has 19 heavy (non-hydrogen) atoms. The van der Waals surface area contributed by atoms with E-state index in [0.717, 1.165) is 10.1 Å². The van der Waals surface area contributed by atoms with Crippen molar-refractivity contribution in [3.63, 3.8) is 0 Å².